The van der Waals surface area contributed by atoms with Crippen LogP contribution in [0, 0.1) is 0 Å². The number of hydrogen-bond acceptors (Lipinski definition) is 5. The van der Waals surface area contributed by atoms with Crippen molar-refractivity contribution in [2.45, 2.75) is 18.3 Å². The average Bonchev–Trinajstić information content (AvgIpc) is 3.34. The van der Waals surface area contributed by atoms with Gasteiger partial charge in [-0.15, -0.1) is 0 Å². The van der Waals surface area contributed by atoms with Crippen LogP contribution in [0.15, 0.2) is 35.3 Å². The first-order valence-electron chi connectivity index (χ1n) is 7.59. The number of aromatic nitrogens is 3. The van der Waals surface area contributed by atoms with Crippen molar-refractivity contribution in [1.82, 2.24) is 19.9 Å². The Morgan fingerprint density at radius 3 is 2.75 bits per heavy atom. The minimum Gasteiger partial charge on any atom is -0.328 e. The topological polar surface area (TPSA) is 88.1 Å². The lowest BCUT2D eigenvalue weighted by Crippen LogP contribution is -2.46. The number of anilines is 1. The molecule has 1 saturated carbocycles. The molecule has 0 atom stereocenters. The molecule has 7 nitrogen and oxygen atoms in total. The van der Waals surface area contributed by atoms with Crippen LogP contribution in [0.1, 0.15) is 28.8 Å². The molecular weight excluding hydrogens is 374 g/mol. The van der Waals surface area contributed by atoms with Crippen molar-refractivity contribution in [1.29, 1.82) is 0 Å². The van der Waals surface area contributed by atoms with E-state index in [1.165, 1.54) is 12.7 Å². The predicted molar refractivity (Wildman–Crippen MR) is 89.4 cm³/mol. The van der Waals surface area contributed by atoms with E-state index in [2.05, 4.69) is 36.2 Å². The highest BCUT2D eigenvalue weighted by molar-refractivity contribution is 9.10. The van der Waals surface area contributed by atoms with Crippen molar-refractivity contribution in [2.24, 2.45) is 0 Å². The summed E-state index contributed by atoms with van der Waals surface area (Å²) in [6.45, 7) is 0.557. The van der Waals surface area contributed by atoms with Crippen molar-refractivity contribution in [2.75, 3.05) is 18.4 Å². The number of amides is 2. The van der Waals surface area contributed by atoms with Gasteiger partial charge in [0.1, 0.15) is 19.2 Å². The first kappa shape index (κ1) is 15.2. The molecule has 0 unspecified atom stereocenters. The largest absolute Gasteiger partial charge is 0.328 e. The van der Waals surface area contributed by atoms with Gasteiger partial charge in [0.15, 0.2) is 0 Å². The minimum absolute atomic E-state index is 0.000467. The molecular formula is C16H14BrN5O2. The number of carbonyl (C=O) groups is 2. The molecule has 122 valence electrons. The highest BCUT2D eigenvalue weighted by atomic mass is 79.9. The van der Waals surface area contributed by atoms with Gasteiger partial charge in [0.2, 0.25) is 11.9 Å². The van der Waals surface area contributed by atoms with Crippen LogP contribution in [0.4, 0.5) is 5.95 Å². The first-order valence-corrected chi connectivity index (χ1v) is 8.38. The molecule has 24 heavy (non-hydrogen) atoms. The Kier molecular flexibility index (Phi) is 3.56. The maximum Gasteiger partial charge on any atom is 0.254 e. The summed E-state index contributed by atoms with van der Waals surface area (Å²) in [5.41, 5.74) is 1.78. The normalized spacial score (nSPS) is 17.5. The van der Waals surface area contributed by atoms with Gasteiger partial charge in [-0.1, -0.05) is 15.9 Å². The smallest absolute Gasteiger partial charge is 0.254 e. The third kappa shape index (κ3) is 2.66. The van der Waals surface area contributed by atoms with Crippen LogP contribution in [-0.2, 0) is 10.2 Å². The fraction of sp³-hybridized carbons (Fsp3) is 0.312. The summed E-state index contributed by atoms with van der Waals surface area (Å²) in [6.07, 6.45) is 4.69. The Labute approximate surface area is 146 Å². The number of halogens is 1. The van der Waals surface area contributed by atoms with Crippen LogP contribution in [0.25, 0.3) is 0 Å². The second-order valence-electron chi connectivity index (χ2n) is 6.14. The molecule has 1 spiro atoms. The first-order chi connectivity index (χ1) is 11.6. The van der Waals surface area contributed by atoms with Crippen LogP contribution in [0.5, 0.6) is 0 Å². The summed E-state index contributed by atoms with van der Waals surface area (Å²) < 4.78 is 0.973. The minimum atomic E-state index is -0.314. The molecule has 4 rings (SSSR count). The lowest BCUT2D eigenvalue weighted by molar-refractivity contribution is -0.117. The van der Waals surface area contributed by atoms with E-state index in [9.17, 15) is 9.59 Å². The van der Waals surface area contributed by atoms with E-state index in [1.807, 2.05) is 18.2 Å². The molecule has 2 aliphatic rings. The molecule has 1 aromatic heterocycles. The van der Waals surface area contributed by atoms with E-state index in [0.29, 0.717) is 12.1 Å². The van der Waals surface area contributed by atoms with Gasteiger partial charge in [-0.2, -0.15) is 0 Å². The molecule has 1 aromatic carbocycles. The Balaban J connectivity index is 1.54. The predicted octanol–water partition coefficient (Wildman–Crippen LogP) is 1.76. The molecule has 0 saturated heterocycles. The second-order valence-corrected chi connectivity index (χ2v) is 7.06. The highest BCUT2D eigenvalue weighted by Gasteiger charge is 2.51. The van der Waals surface area contributed by atoms with Crippen LogP contribution >= 0.6 is 15.9 Å². The van der Waals surface area contributed by atoms with Crippen LogP contribution < -0.4 is 5.32 Å². The lowest BCUT2D eigenvalue weighted by atomic mass is 9.86. The second kappa shape index (κ2) is 5.62. The lowest BCUT2D eigenvalue weighted by Gasteiger charge is -2.34. The molecule has 1 aliphatic carbocycles. The molecule has 2 aromatic rings. The van der Waals surface area contributed by atoms with Crippen molar-refractivity contribution in [3.63, 3.8) is 0 Å². The molecule has 0 bridgehead atoms. The molecule has 8 heteroatoms. The number of rotatable bonds is 3. The number of hydrogen-bond donors (Lipinski definition) is 1. The van der Waals surface area contributed by atoms with Gasteiger partial charge in [0, 0.05) is 22.0 Å². The number of nitrogens with zero attached hydrogens (tertiary/aromatic N) is 4. The maximum atomic E-state index is 12.7. The SMILES string of the molecule is O=C(CN1CC2(CC2)c2cc(Br)ccc2C1=O)Nc1ncncn1. The third-order valence-corrected chi connectivity index (χ3v) is 4.99. The zero-order valence-electron chi connectivity index (χ0n) is 12.7. The fourth-order valence-electron chi connectivity index (χ4n) is 3.18. The van der Waals surface area contributed by atoms with E-state index in [1.54, 1.807) is 4.90 Å². The molecule has 2 amide bonds. The Bertz CT molecular complexity index is 822. The zero-order chi connectivity index (χ0) is 16.7. The van der Waals surface area contributed by atoms with Gasteiger partial charge in [0.05, 0.1) is 0 Å². The number of nitrogens with one attached hydrogen (secondary N) is 1. The van der Waals surface area contributed by atoms with Gasteiger partial charge in [-0.05, 0) is 36.6 Å². The van der Waals surface area contributed by atoms with E-state index < -0.39 is 0 Å². The van der Waals surface area contributed by atoms with Crippen molar-refractivity contribution in [3.05, 3.63) is 46.5 Å². The van der Waals surface area contributed by atoms with E-state index in [-0.39, 0.29) is 29.7 Å². The van der Waals surface area contributed by atoms with Crippen molar-refractivity contribution in [3.8, 4) is 0 Å². The molecule has 1 fully saturated rings. The van der Waals surface area contributed by atoms with E-state index in [0.717, 1.165) is 22.9 Å². The monoisotopic (exact) mass is 387 g/mol. The third-order valence-electron chi connectivity index (χ3n) is 4.50. The number of benzene rings is 1. The summed E-state index contributed by atoms with van der Waals surface area (Å²) in [5, 5.41) is 2.59. The van der Waals surface area contributed by atoms with Gasteiger partial charge in [-0.3, -0.25) is 14.9 Å². The van der Waals surface area contributed by atoms with Gasteiger partial charge < -0.3 is 4.90 Å². The van der Waals surface area contributed by atoms with Gasteiger partial charge >= 0.3 is 0 Å². The summed E-state index contributed by atoms with van der Waals surface area (Å²) in [7, 11) is 0. The van der Waals surface area contributed by atoms with Crippen LogP contribution in [0.3, 0.4) is 0 Å². The Hall–Kier alpha value is -2.35. The zero-order valence-corrected chi connectivity index (χ0v) is 14.3. The van der Waals surface area contributed by atoms with Crippen LogP contribution in [-0.4, -0.2) is 44.8 Å². The fourth-order valence-corrected chi connectivity index (χ4v) is 3.54. The van der Waals surface area contributed by atoms with Crippen LogP contribution in [0.2, 0.25) is 0 Å². The molecule has 1 aliphatic heterocycles. The quantitative estimate of drug-likeness (QED) is 0.866. The van der Waals surface area contributed by atoms with Gasteiger partial charge in [0.25, 0.3) is 5.91 Å². The summed E-state index contributed by atoms with van der Waals surface area (Å²) >= 11 is 3.47. The average molecular weight is 388 g/mol. The van der Waals surface area contributed by atoms with Crippen molar-refractivity contribution >= 4 is 33.7 Å². The maximum absolute atomic E-state index is 12.7. The standard InChI is InChI=1S/C16H14BrN5O2/c17-10-1-2-11-12(5-10)16(3-4-16)7-22(14(11)24)6-13(23)21-15-19-8-18-9-20-15/h1-2,5,8-9H,3-4,6-7H2,(H,18,19,20,21,23). The highest BCUT2D eigenvalue weighted by Crippen LogP contribution is 2.52. The Morgan fingerprint density at radius 1 is 1.29 bits per heavy atom. The summed E-state index contributed by atoms with van der Waals surface area (Å²) in [4.78, 5) is 37.9. The molecule has 2 heterocycles. The van der Waals surface area contributed by atoms with E-state index >= 15 is 0 Å². The number of carbonyl (C=O) groups excluding carboxylic acids is 2. The number of fused-ring (bicyclic) bond motifs is 2. The molecule has 0 radical (unpaired) electrons. The van der Waals surface area contributed by atoms with Crippen molar-refractivity contribution < 1.29 is 9.59 Å². The molecule has 1 N–H and O–H groups in total. The van der Waals surface area contributed by atoms with E-state index in [4.69, 9.17) is 0 Å². The Morgan fingerprint density at radius 2 is 2.04 bits per heavy atom. The summed E-state index contributed by atoms with van der Waals surface area (Å²) in [6, 6.07) is 5.72. The van der Waals surface area contributed by atoms with Gasteiger partial charge in [-0.25, -0.2) is 15.0 Å². The summed E-state index contributed by atoms with van der Waals surface area (Å²) in [5.74, 6) is -0.239.